The largest absolute Gasteiger partial charge is 0.496 e. The first-order valence-electron chi connectivity index (χ1n) is 9.73. The van der Waals surface area contributed by atoms with Crippen LogP contribution in [-0.4, -0.2) is 32.7 Å². The van der Waals surface area contributed by atoms with E-state index in [1.54, 1.807) is 11.6 Å². The minimum Gasteiger partial charge on any atom is -0.496 e. The zero-order chi connectivity index (χ0) is 20.8. The lowest BCUT2D eigenvalue weighted by Gasteiger charge is -2.24. The van der Waals surface area contributed by atoms with Crippen LogP contribution in [0.3, 0.4) is 0 Å². The molecule has 2 heterocycles. The Balaban J connectivity index is 1.66. The summed E-state index contributed by atoms with van der Waals surface area (Å²) in [4.78, 5) is 12.9. The molecule has 0 radical (unpaired) electrons. The third-order valence-electron chi connectivity index (χ3n) is 5.66. The van der Waals surface area contributed by atoms with Crippen molar-refractivity contribution in [3.8, 4) is 16.9 Å². The Morgan fingerprint density at radius 1 is 1.07 bits per heavy atom. The SMILES string of the molecule is COc1ccccc1[C@H]1CC(=O)c2nnc3c(-c4ccc(Cl)cc4)c(C)nn3c2C1. The minimum atomic E-state index is -0.0252. The van der Waals surface area contributed by atoms with Gasteiger partial charge in [0.25, 0.3) is 0 Å². The van der Waals surface area contributed by atoms with E-state index in [0.29, 0.717) is 29.2 Å². The van der Waals surface area contributed by atoms with Crippen molar-refractivity contribution in [3.63, 3.8) is 0 Å². The number of ether oxygens (including phenoxy) is 1. The van der Waals surface area contributed by atoms with Gasteiger partial charge >= 0.3 is 0 Å². The Labute approximate surface area is 178 Å². The summed E-state index contributed by atoms with van der Waals surface area (Å²) < 4.78 is 7.31. The Morgan fingerprint density at radius 3 is 2.60 bits per heavy atom. The zero-order valence-electron chi connectivity index (χ0n) is 16.6. The van der Waals surface area contributed by atoms with Gasteiger partial charge in [0, 0.05) is 17.4 Å². The molecule has 0 bridgehead atoms. The molecule has 0 spiro atoms. The number of hydrogen-bond acceptors (Lipinski definition) is 5. The van der Waals surface area contributed by atoms with E-state index >= 15 is 0 Å². The molecule has 1 atom stereocenters. The topological polar surface area (TPSA) is 69.4 Å². The van der Waals surface area contributed by atoms with E-state index in [-0.39, 0.29) is 11.7 Å². The molecule has 0 fully saturated rings. The molecule has 1 aliphatic carbocycles. The summed E-state index contributed by atoms with van der Waals surface area (Å²) in [6.07, 6.45) is 1.01. The normalized spacial score (nSPS) is 16.0. The number of para-hydroxylation sites is 1. The molecule has 7 heteroatoms. The van der Waals surface area contributed by atoms with E-state index in [1.807, 2.05) is 55.5 Å². The molecule has 2 aromatic heterocycles. The fraction of sp³-hybridized carbons (Fsp3) is 0.217. The monoisotopic (exact) mass is 418 g/mol. The molecule has 4 aromatic rings. The molecule has 2 aromatic carbocycles. The second-order valence-electron chi connectivity index (χ2n) is 7.47. The molecular weight excluding hydrogens is 400 g/mol. The van der Waals surface area contributed by atoms with E-state index in [4.69, 9.17) is 21.4 Å². The fourth-order valence-corrected chi connectivity index (χ4v) is 4.38. The number of halogens is 1. The van der Waals surface area contributed by atoms with Crippen molar-refractivity contribution in [2.75, 3.05) is 7.11 Å². The molecule has 0 N–H and O–H groups in total. The number of aromatic nitrogens is 4. The van der Waals surface area contributed by atoms with Gasteiger partial charge in [-0.25, -0.2) is 4.52 Å². The van der Waals surface area contributed by atoms with Gasteiger partial charge in [0.05, 0.1) is 24.1 Å². The smallest absolute Gasteiger partial charge is 0.185 e. The van der Waals surface area contributed by atoms with Crippen LogP contribution in [0.5, 0.6) is 5.75 Å². The number of methoxy groups -OCH3 is 1. The summed E-state index contributed by atoms with van der Waals surface area (Å²) in [7, 11) is 1.65. The van der Waals surface area contributed by atoms with Crippen molar-refractivity contribution in [3.05, 3.63) is 76.2 Å². The number of nitrogens with zero attached hydrogens (tertiary/aromatic N) is 4. The molecule has 1 aliphatic rings. The standard InChI is InChI=1S/C23H19ClN4O2/c1-13-21(14-7-9-16(24)10-8-14)23-26-25-22-18(28(23)27-13)11-15(12-19(22)29)17-5-3-4-6-20(17)30-2/h3-10,15H,11-12H2,1-2H3/t15-/m1/s1. The molecule has 6 nitrogen and oxygen atoms in total. The van der Waals surface area contributed by atoms with Gasteiger partial charge in [0.2, 0.25) is 0 Å². The zero-order valence-corrected chi connectivity index (χ0v) is 17.3. The first kappa shape index (κ1) is 18.8. The second kappa shape index (κ2) is 7.22. The number of hydrogen-bond donors (Lipinski definition) is 0. The predicted molar refractivity (Wildman–Crippen MR) is 114 cm³/mol. The summed E-state index contributed by atoms with van der Waals surface area (Å²) in [5.74, 6) is 0.760. The van der Waals surface area contributed by atoms with E-state index < -0.39 is 0 Å². The average molecular weight is 419 g/mol. The first-order valence-corrected chi connectivity index (χ1v) is 10.1. The van der Waals surface area contributed by atoms with Gasteiger partial charge in [-0.05, 0) is 42.7 Å². The van der Waals surface area contributed by atoms with Gasteiger partial charge in [-0.15, -0.1) is 10.2 Å². The Morgan fingerprint density at radius 2 is 1.83 bits per heavy atom. The molecule has 0 aliphatic heterocycles. The number of aryl methyl sites for hydroxylation is 1. The van der Waals surface area contributed by atoms with Gasteiger partial charge in [-0.2, -0.15) is 5.10 Å². The van der Waals surface area contributed by atoms with Crippen molar-refractivity contribution < 1.29 is 9.53 Å². The molecule has 0 saturated heterocycles. The number of Topliss-reactive ketones (excluding diaryl/α,β-unsaturated/α-hetero) is 1. The third kappa shape index (κ3) is 2.95. The van der Waals surface area contributed by atoms with Crippen LogP contribution >= 0.6 is 11.6 Å². The highest BCUT2D eigenvalue weighted by molar-refractivity contribution is 6.30. The number of benzene rings is 2. The molecule has 30 heavy (non-hydrogen) atoms. The van der Waals surface area contributed by atoms with Gasteiger partial charge in [0.15, 0.2) is 17.1 Å². The summed E-state index contributed by atoms with van der Waals surface area (Å²) in [6, 6.07) is 15.4. The van der Waals surface area contributed by atoms with Gasteiger partial charge in [0.1, 0.15) is 5.75 Å². The minimum absolute atomic E-state index is 0.00274. The van der Waals surface area contributed by atoms with Crippen molar-refractivity contribution in [1.29, 1.82) is 0 Å². The molecule has 0 saturated carbocycles. The highest BCUT2D eigenvalue weighted by atomic mass is 35.5. The Kier molecular flexibility index (Phi) is 4.51. The molecular formula is C23H19ClN4O2. The Bertz CT molecular complexity index is 1280. The van der Waals surface area contributed by atoms with Crippen LogP contribution in [0.2, 0.25) is 5.02 Å². The highest BCUT2D eigenvalue weighted by Crippen LogP contribution is 2.37. The summed E-state index contributed by atoms with van der Waals surface area (Å²) in [6.45, 7) is 1.94. The molecule has 0 amide bonds. The van der Waals surface area contributed by atoms with Crippen molar-refractivity contribution in [1.82, 2.24) is 19.8 Å². The number of carbonyl (C=O) groups is 1. The predicted octanol–water partition coefficient (Wildman–Crippen LogP) is 4.67. The summed E-state index contributed by atoms with van der Waals surface area (Å²) in [5.41, 5.74) is 5.53. The van der Waals surface area contributed by atoms with Crippen LogP contribution in [0, 0.1) is 6.92 Å². The quantitative estimate of drug-likeness (QED) is 0.483. The number of fused-ring (bicyclic) bond motifs is 3. The second-order valence-corrected chi connectivity index (χ2v) is 7.90. The van der Waals surface area contributed by atoms with E-state index in [1.165, 1.54) is 0 Å². The number of carbonyl (C=O) groups excluding carboxylic acids is 1. The van der Waals surface area contributed by atoms with Crippen LogP contribution in [0.15, 0.2) is 48.5 Å². The van der Waals surface area contributed by atoms with E-state index in [9.17, 15) is 4.79 Å². The molecule has 150 valence electrons. The lowest BCUT2D eigenvalue weighted by molar-refractivity contribution is 0.0955. The van der Waals surface area contributed by atoms with E-state index in [2.05, 4.69) is 10.2 Å². The summed E-state index contributed by atoms with van der Waals surface area (Å²) in [5, 5.41) is 14.1. The highest BCUT2D eigenvalue weighted by Gasteiger charge is 2.32. The third-order valence-corrected chi connectivity index (χ3v) is 5.91. The average Bonchev–Trinajstić information content (AvgIpc) is 3.10. The molecule has 5 rings (SSSR count). The van der Waals surface area contributed by atoms with Gasteiger partial charge in [-0.1, -0.05) is 41.9 Å². The number of ketones is 1. The van der Waals surface area contributed by atoms with Crippen LogP contribution in [0.25, 0.3) is 16.8 Å². The fourth-order valence-electron chi connectivity index (χ4n) is 4.26. The maximum atomic E-state index is 12.9. The maximum Gasteiger partial charge on any atom is 0.185 e. The van der Waals surface area contributed by atoms with Gasteiger partial charge in [-0.3, -0.25) is 4.79 Å². The van der Waals surface area contributed by atoms with Crippen molar-refractivity contribution in [2.24, 2.45) is 0 Å². The van der Waals surface area contributed by atoms with Crippen LogP contribution < -0.4 is 4.74 Å². The van der Waals surface area contributed by atoms with E-state index in [0.717, 1.165) is 33.8 Å². The van der Waals surface area contributed by atoms with Crippen molar-refractivity contribution >= 4 is 23.0 Å². The lowest BCUT2D eigenvalue weighted by Crippen LogP contribution is -2.24. The van der Waals surface area contributed by atoms with Crippen LogP contribution in [0.4, 0.5) is 0 Å². The summed E-state index contributed by atoms with van der Waals surface area (Å²) >= 11 is 6.04. The number of rotatable bonds is 3. The van der Waals surface area contributed by atoms with Crippen molar-refractivity contribution in [2.45, 2.75) is 25.7 Å². The molecule has 0 unspecified atom stereocenters. The van der Waals surface area contributed by atoms with Gasteiger partial charge < -0.3 is 4.74 Å². The maximum absolute atomic E-state index is 12.9. The lowest BCUT2D eigenvalue weighted by atomic mass is 9.83. The first-order chi connectivity index (χ1) is 14.6. The Hall–Kier alpha value is -3.25. The van der Waals surface area contributed by atoms with Crippen LogP contribution in [-0.2, 0) is 6.42 Å². The van der Waals surface area contributed by atoms with Crippen LogP contribution in [0.1, 0.15) is 39.8 Å².